The fourth-order valence-corrected chi connectivity index (χ4v) is 2.59. The molecular formula is C14H19BrN2O3. The van der Waals surface area contributed by atoms with Gasteiger partial charge >= 0.3 is 0 Å². The highest BCUT2D eigenvalue weighted by Gasteiger charge is 2.23. The predicted octanol–water partition coefficient (Wildman–Crippen LogP) is 2.48. The van der Waals surface area contributed by atoms with Gasteiger partial charge in [-0.25, -0.2) is 0 Å². The number of piperidine rings is 1. The highest BCUT2D eigenvalue weighted by Crippen LogP contribution is 2.20. The van der Waals surface area contributed by atoms with Crippen LogP contribution in [0.2, 0.25) is 0 Å². The Kier molecular flexibility index (Phi) is 4.86. The first-order chi connectivity index (χ1) is 9.49. The summed E-state index contributed by atoms with van der Waals surface area (Å²) in [7, 11) is 0. The van der Waals surface area contributed by atoms with Crippen molar-refractivity contribution in [3.63, 3.8) is 0 Å². The van der Waals surface area contributed by atoms with Crippen molar-refractivity contribution in [3.05, 3.63) is 22.1 Å². The van der Waals surface area contributed by atoms with E-state index in [2.05, 4.69) is 21.2 Å². The molecule has 2 rings (SSSR count). The Morgan fingerprint density at radius 3 is 2.90 bits per heavy atom. The summed E-state index contributed by atoms with van der Waals surface area (Å²) in [5.41, 5.74) is 0.884. The summed E-state index contributed by atoms with van der Waals surface area (Å²) in [6, 6.07) is 1.70. The van der Waals surface area contributed by atoms with Crippen molar-refractivity contribution in [3.8, 4) is 0 Å². The largest absolute Gasteiger partial charge is 0.444 e. The maximum atomic E-state index is 11.9. The average molecular weight is 343 g/mol. The molecule has 0 spiro atoms. The topological polar surface area (TPSA) is 62.6 Å². The third-order valence-corrected chi connectivity index (χ3v) is 4.32. The van der Waals surface area contributed by atoms with Crippen molar-refractivity contribution in [2.75, 3.05) is 13.1 Å². The molecule has 5 nitrogen and oxygen atoms in total. The number of carbonyl (C=O) groups is 2. The first-order valence-electron chi connectivity index (χ1n) is 6.82. The van der Waals surface area contributed by atoms with Crippen LogP contribution in [0, 0.1) is 6.92 Å². The van der Waals surface area contributed by atoms with Crippen LogP contribution < -0.4 is 5.32 Å². The molecule has 1 aromatic heterocycles. The molecule has 1 saturated heterocycles. The highest BCUT2D eigenvalue weighted by atomic mass is 79.9. The Hall–Kier alpha value is -1.30. The molecule has 110 valence electrons. The number of amides is 2. The monoisotopic (exact) mass is 342 g/mol. The Morgan fingerprint density at radius 2 is 2.30 bits per heavy atom. The van der Waals surface area contributed by atoms with Gasteiger partial charge in [0.1, 0.15) is 0 Å². The Labute approximate surface area is 126 Å². The molecule has 6 heteroatoms. The molecule has 1 atom stereocenters. The lowest BCUT2D eigenvalue weighted by Gasteiger charge is -2.32. The molecule has 1 N–H and O–H groups in total. The van der Waals surface area contributed by atoms with Gasteiger partial charge < -0.3 is 14.6 Å². The number of likely N-dealkylation sites (tertiary alicyclic amines) is 1. The average Bonchev–Trinajstić information content (AvgIpc) is 2.76. The maximum absolute atomic E-state index is 11.9. The van der Waals surface area contributed by atoms with Gasteiger partial charge in [0.05, 0.1) is 0 Å². The number of nitrogens with one attached hydrogen (secondary N) is 1. The molecule has 0 saturated carbocycles. The van der Waals surface area contributed by atoms with Crippen molar-refractivity contribution in [1.29, 1.82) is 0 Å². The lowest BCUT2D eigenvalue weighted by molar-refractivity contribution is -0.135. The van der Waals surface area contributed by atoms with Gasteiger partial charge in [-0.3, -0.25) is 9.59 Å². The van der Waals surface area contributed by atoms with Gasteiger partial charge in [-0.15, -0.1) is 0 Å². The van der Waals surface area contributed by atoms with E-state index in [9.17, 15) is 9.59 Å². The van der Waals surface area contributed by atoms with Crippen molar-refractivity contribution < 1.29 is 14.0 Å². The van der Waals surface area contributed by atoms with E-state index in [-0.39, 0.29) is 23.6 Å². The van der Waals surface area contributed by atoms with Gasteiger partial charge in [0.15, 0.2) is 10.4 Å². The molecule has 0 aliphatic carbocycles. The summed E-state index contributed by atoms with van der Waals surface area (Å²) in [5.74, 6) is 0.205. The standard InChI is InChI=1S/C14H19BrN2O3/c1-9-7-11(20-13(9)15)14(19)16-8-10(2)17-6-4-3-5-12(17)18/h7,10H,3-6,8H2,1-2H3,(H,16,19). The Bertz CT molecular complexity index is 493. The van der Waals surface area contributed by atoms with E-state index in [4.69, 9.17) is 4.42 Å². The van der Waals surface area contributed by atoms with Gasteiger partial charge in [-0.05, 0) is 48.7 Å². The number of nitrogens with zero attached hydrogens (tertiary/aromatic N) is 1. The zero-order chi connectivity index (χ0) is 14.7. The lowest BCUT2D eigenvalue weighted by atomic mass is 10.1. The zero-order valence-corrected chi connectivity index (χ0v) is 13.3. The van der Waals surface area contributed by atoms with E-state index < -0.39 is 0 Å². The number of rotatable bonds is 4. The normalized spacial score (nSPS) is 17.1. The summed E-state index contributed by atoms with van der Waals surface area (Å²) in [5, 5.41) is 2.81. The zero-order valence-electron chi connectivity index (χ0n) is 11.7. The summed E-state index contributed by atoms with van der Waals surface area (Å²) in [6.45, 7) is 5.02. The second kappa shape index (κ2) is 6.43. The van der Waals surface area contributed by atoms with Crippen LogP contribution >= 0.6 is 15.9 Å². The molecule has 1 aliphatic heterocycles. The predicted molar refractivity (Wildman–Crippen MR) is 78.5 cm³/mol. The molecule has 2 amide bonds. The quantitative estimate of drug-likeness (QED) is 0.914. The van der Waals surface area contributed by atoms with Crippen LogP contribution in [0.25, 0.3) is 0 Å². The van der Waals surface area contributed by atoms with E-state index >= 15 is 0 Å². The van der Waals surface area contributed by atoms with E-state index in [1.54, 1.807) is 6.07 Å². The summed E-state index contributed by atoms with van der Waals surface area (Å²) in [6.07, 6.45) is 2.62. The van der Waals surface area contributed by atoms with Crippen LogP contribution in [0.4, 0.5) is 0 Å². The summed E-state index contributed by atoms with van der Waals surface area (Å²) < 4.78 is 5.87. The molecule has 1 aliphatic rings. The van der Waals surface area contributed by atoms with E-state index in [1.807, 2.05) is 18.7 Å². The fraction of sp³-hybridized carbons (Fsp3) is 0.571. The first-order valence-corrected chi connectivity index (χ1v) is 7.62. The third kappa shape index (κ3) is 3.42. The van der Waals surface area contributed by atoms with Gasteiger partial charge in [-0.1, -0.05) is 0 Å². The minimum atomic E-state index is -0.255. The molecule has 0 aromatic carbocycles. The van der Waals surface area contributed by atoms with Crippen molar-refractivity contribution in [1.82, 2.24) is 10.2 Å². The van der Waals surface area contributed by atoms with Crippen LogP contribution in [0.5, 0.6) is 0 Å². The van der Waals surface area contributed by atoms with Gasteiger partial charge in [0.25, 0.3) is 5.91 Å². The molecule has 20 heavy (non-hydrogen) atoms. The number of hydrogen-bond donors (Lipinski definition) is 1. The lowest BCUT2D eigenvalue weighted by Crippen LogP contribution is -2.47. The van der Waals surface area contributed by atoms with Crippen LogP contribution in [-0.4, -0.2) is 35.8 Å². The summed E-state index contributed by atoms with van der Waals surface area (Å²) in [4.78, 5) is 25.6. The SMILES string of the molecule is Cc1cc(C(=O)NCC(C)N2CCCCC2=O)oc1Br. The number of furan rings is 1. The van der Waals surface area contributed by atoms with Crippen molar-refractivity contribution in [2.45, 2.75) is 39.2 Å². The van der Waals surface area contributed by atoms with Crippen LogP contribution in [0.1, 0.15) is 42.3 Å². The maximum Gasteiger partial charge on any atom is 0.287 e. The number of carbonyl (C=O) groups excluding carboxylic acids is 2. The van der Waals surface area contributed by atoms with Crippen LogP contribution in [-0.2, 0) is 4.79 Å². The minimum Gasteiger partial charge on any atom is -0.444 e. The molecule has 2 heterocycles. The number of halogens is 1. The smallest absolute Gasteiger partial charge is 0.287 e. The Morgan fingerprint density at radius 1 is 1.55 bits per heavy atom. The van der Waals surface area contributed by atoms with Crippen molar-refractivity contribution >= 4 is 27.7 Å². The van der Waals surface area contributed by atoms with E-state index in [0.29, 0.717) is 17.6 Å². The summed E-state index contributed by atoms with van der Waals surface area (Å²) >= 11 is 3.24. The van der Waals surface area contributed by atoms with E-state index in [0.717, 1.165) is 24.9 Å². The second-order valence-corrected chi connectivity index (χ2v) is 5.89. The van der Waals surface area contributed by atoms with Gasteiger partial charge in [0.2, 0.25) is 5.91 Å². The highest BCUT2D eigenvalue weighted by molar-refractivity contribution is 9.10. The molecule has 1 fully saturated rings. The van der Waals surface area contributed by atoms with E-state index in [1.165, 1.54) is 0 Å². The van der Waals surface area contributed by atoms with Gasteiger partial charge in [0, 0.05) is 31.1 Å². The second-order valence-electron chi connectivity index (χ2n) is 5.17. The third-order valence-electron chi connectivity index (χ3n) is 3.53. The first kappa shape index (κ1) is 15.1. The van der Waals surface area contributed by atoms with Crippen molar-refractivity contribution in [2.24, 2.45) is 0 Å². The minimum absolute atomic E-state index is 0.00579. The molecule has 0 radical (unpaired) electrons. The van der Waals surface area contributed by atoms with Crippen LogP contribution in [0.15, 0.2) is 15.2 Å². The van der Waals surface area contributed by atoms with Crippen LogP contribution in [0.3, 0.4) is 0 Å². The molecule has 1 unspecified atom stereocenters. The van der Waals surface area contributed by atoms with Gasteiger partial charge in [-0.2, -0.15) is 0 Å². The fourth-order valence-electron chi connectivity index (χ4n) is 2.30. The number of hydrogen-bond acceptors (Lipinski definition) is 3. The molecule has 1 aromatic rings. The number of aryl methyl sites for hydroxylation is 1. The molecular weight excluding hydrogens is 324 g/mol. The molecule has 0 bridgehead atoms. The Balaban J connectivity index is 1.88.